The first kappa shape index (κ1) is 72.0. The fraction of sp³-hybridized carbons (Fsp3) is 0.592. The van der Waals surface area contributed by atoms with Crippen LogP contribution in [0, 0.1) is 0 Å². The number of esters is 3. The third kappa shape index (κ3) is 61.8. The molecule has 0 aromatic carbocycles. The average Bonchev–Trinajstić information content (AvgIpc) is 3.43. The molecule has 0 heterocycles. The highest BCUT2D eigenvalue weighted by molar-refractivity contribution is 5.71. The molecule has 0 spiro atoms. The van der Waals surface area contributed by atoms with E-state index in [1.807, 2.05) is 0 Å². The molecule has 0 rings (SSSR count). The van der Waals surface area contributed by atoms with Crippen LogP contribution >= 0.6 is 0 Å². The van der Waals surface area contributed by atoms with Crippen LogP contribution in [0.15, 0.2) is 158 Å². The molecule has 0 fully saturated rings. The normalized spacial score (nSPS) is 13.2. The maximum Gasteiger partial charge on any atom is 0.306 e. The zero-order chi connectivity index (χ0) is 55.7. The predicted molar refractivity (Wildman–Crippen MR) is 334 cm³/mol. The van der Waals surface area contributed by atoms with E-state index in [2.05, 4.69) is 179 Å². The third-order valence-corrected chi connectivity index (χ3v) is 12.5. The van der Waals surface area contributed by atoms with Gasteiger partial charge in [0.25, 0.3) is 0 Å². The number of hydrogen-bond donors (Lipinski definition) is 0. The largest absolute Gasteiger partial charge is 0.462 e. The monoisotopic (exact) mass is 1060 g/mol. The van der Waals surface area contributed by atoms with Gasteiger partial charge in [0, 0.05) is 19.3 Å². The first-order valence-corrected chi connectivity index (χ1v) is 31.0. The number of allylic oxidation sites excluding steroid dienone is 26. The van der Waals surface area contributed by atoms with Crippen molar-refractivity contribution in [3.8, 4) is 0 Å². The molecule has 0 aliphatic rings. The van der Waals surface area contributed by atoms with E-state index >= 15 is 0 Å². The van der Waals surface area contributed by atoms with Gasteiger partial charge >= 0.3 is 17.9 Å². The minimum Gasteiger partial charge on any atom is -0.462 e. The number of hydrogen-bond acceptors (Lipinski definition) is 6. The fourth-order valence-corrected chi connectivity index (χ4v) is 7.99. The summed E-state index contributed by atoms with van der Waals surface area (Å²) in [5, 5.41) is 0. The number of carbonyl (C=O) groups excluding carboxylic acids is 3. The van der Waals surface area contributed by atoms with Crippen LogP contribution in [0.2, 0.25) is 0 Å². The van der Waals surface area contributed by atoms with E-state index in [0.29, 0.717) is 19.3 Å². The quantitative estimate of drug-likeness (QED) is 0.0261. The molecule has 0 amide bonds. The maximum atomic E-state index is 12.9. The van der Waals surface area contributed by atoms with Gasteiger partial charge in [-0.3, -0.25) is 14.4 Å². The molecule has 0 saturated carbocycles. The van der Waals surface area contributed by atoms with Gasteiger partial charge in [0.05, 0.1) is 0 Å². The van der Waals surface area contributed by atoms with E-state index < -0.39 is 6.10 Å². The molecule has 0 aliphatic heterocycles. The van der Waals surface area contributed by atoms with E-state index in [-0.39, 0.29) is 37.5 Å². The van der Waals surface area contributed by atoms with Crippen LogP contribution in [0.1, 0.15) is 252 Å². The SMILES string of the molecule is CC/C=C\C/C=C\C/C=C\C/C=C\C/C=C\CCCCCCCCCCCCCCCC(=O)OCC(COC(=O)CCCCC/C=C\C/C=C\C/C=C\CC)OC(=O)CCC/C=C\C/C=C\C/C=C\C/C=C\C/C=C\CC. The molecule has 432 valence electrons. The van der Waals surface area contributed by atoms with Crippen molar-refractivity contribution < 1.29 is 28.6 Å². The van der Waals surface area contributed by atoms with Gasteiger partial charge in [0.2, 0.25) is 0 Å². The van der Waals surface area contributed by atoms with Crippen LogP contribution in [0.5, 0.6) is 0 Å². The van der Waals surface area contributed by atoms with E-state index in [0.717, 1.165) is 135 Å². The Kier molecular flexibility index (Phi) is 59.5. The standard InChI is InChI=1S/C71H112O6/c1-4-7-10-13-16-19-22-25-27-29-30-31-32-33-34-35-36-37-38-39-40-42-43-46-49-52-55-58-61-64-70(73)76-67-68(66-75-69(72)63-60-57-54-51-48-45-24-21-18-15-12-9-6-3)77-71(74)65-62-59-56-53-50-47-44-41-28-26-23-20-17-14-11-8-5-2/h7-12,16-21,25-28,30-31,33-34,44-45,47-48,53,56,68H,4-6,13-15,22-24,29,32,35-43,46,49-52,54-55,57-67H2,1-3H3/b10-7-,11-8-,12-9-,19-16-,20-17-,21-18-,27-25-,28-26-,31-30-,34-33-,47-44-,48-45-,56-53-. The van der Waals surface area contributed by atoms with E-state index in [4.69, 9.17) is 14.2 Å². The van der Waals surface area contributed by atoms with Crippen LogP contribution in [-0.4, -0.2) is 37.2 Å². The second kappa shape index (κ2) is 63.6. The molecular weight excluding hydrogens is 949 g/mol. The Bertz CT molecular complexity index is 1740. The van der Waals surface area contributed by atoms with Crippen LogP contribution in [0.3, 0.4) is 0 Å². The molecule has 1 atom stereocenters. The predicted octanol–water partition coefficient (Wildman–Crippen LogP) is 21.3. The zero-order valence-corrected chi connectivity index (χ0v) is 49.4. The van der Waals surface area contributed by atoms with Crippen LogP contribution in [-0.2, 0) is 28.6 Å². The molecule has 77 heavy (non-hydrogen) atoms. The summed E-state index contributed by atoms with van der Waals surface area (Å²) in [5.41, 5.74) is 0. The first-order chi connectivity index (χ1) is 38.0. The third-order valence-electron chi connectivity index (χ3n) is 12.5. The Balaban J connectivity index is 4.36. The minimum absolute atomic E-state index is 0.116. The molecule has 6 nitrogen and oxygen atoms in total. The molecule has 0 N–H and O–H groups in total. The second-order valence-electron chi connectivity index (χ2n) is 19.8. The van der Waals surface area contributed by atoms with E-state index in [9.17, 15) is 14.4 Å². The van der Waals surface area contributed by atoms with Crippen molar-refractivity contribution in [2.45, 2.75) is 258 Å². The topological polar surface area (TPSA) is 78.9 Å². The smallest absolute Gasteiger partial charge is 0.306 e. The Morgan fingerprint density at radius 3 is 0.779 bits per heavy atom. The highest BCUT2D eigenvalue weighted by atomic mass is 16.6. The van der Waals surface area contributed by atoms with E-state index in [1.165, 1.54) is 70.6 Å². The molecule has 0 aromatic heterocycles. The summed E-state index contributed by atoms with van der Waals surface area (Å²) < 4.78 is 16.8. The molecule has 6 heteroatoms. The number of unbranched alkanes of at least 4 members (excludes halogenated alkanes) is 17. The van der Waals surface area contributed by atoms with E-state index in [1.54, 1.807) is 0 Å². The summed E-state index contributed by atoms with van der Waals surface area (Å²) in [6, 6.07) is 0. The lowest BCUT2D eigenvalue weighted by atomic mass is 10.0. The first-order valence-electron chi connectivity index (χ1n) is 31.0. The summed E-state index contributed by atoms with van der Waals surface area (Å²) in [4.78, 5) is 38.2. The summed E-state index contributed by atoms with van der Waals surface area (Å²) in [6.45, 7) is 6.22. The Hall–Kier alpha value is -4.97. The second-order valence-corrected chi connectivity index (χ2v) is 19.8. The molecule has 0 bridgehead atoms. The lowest BCUT2D eigenvalue weighted by Gasteiger charge is -2.18. The molecule has 1 unspecified atom stereocenters. The van der Waals surface area contributed by atoms with Gasteiger partial charge in [0.1, 0.15) is 13.2 Å². The van der Waals surface area contributed by atoms with Gasteiger partial charge in [-0.05, 0) is 135 Å². The molecule has 0 saturated heterocycles. The number of ether oxygens (including phenoxy) is 3. The lowest BCUT2D eigenvalue weighted by Crippen LogP contribution is -2.30. The summed E-state index contributed by atoms with van der Waals surface area (Å²) in [6.07, 6.45) is 92.6. The summed E-state index contributed by atoms with van der Waals surface area (Å²) in [7, 11) is 0. The average molecular weight is 1060 g/mol. The molecule has 0 radical (unpaired) electrons. The van der Waals surface area contributed by atoms with Crippen molar-refractivity contribution >= 4 is 17.9 Å². The van der Waals surface area contributed by atoms with Crippen LogP contribution in [0.25, 0.3) is 0 Å². The molecule has 0 aliphatic carbocycles. The van der Waals surface area contributed by atoms with Crippen molar-refractivity contribution in [1.29, 1.82) is 0 Å². The maximum absolute atomic E-state index is 12.9. The highest BCUT2D eigenvalue weighted by Gasteiger charge is 2.19. The van der Waals surface area contributed by atoms with Gasteiger partial charge in [-0.2, -0.15) is 0 Å². The molecule has 0 aromatic rings. The summed E-state index contributed by atoms with van der Waals surface area (Å²) >= 11 is 0. The Morgan fingerprint density at radius 2 is 0.481 bits per heavy atom. The minimum atomic E-state index is -0.828. The highest BCUT2D eigenvalue weighted by Crippen LogP contribution is 2.15. The van der Waals surface area contributed by atoms with Crippen molar-refractivity contribution in [3.05, 3.63) is 158 Å². The Labute approximate surface area is 473 Å². The fourth-order valence-electron chi connectivity index (χ4n) is 7.99. The van der Waals surface area contributed by atoms with Crippen molar-refractivity contribution in [2.75, 3.05) is 13.2 Å². The lowest BCUT2D eigenvalue weighted by molar-refractivity contribution is -0.167. The number of carbonyl (C=O) groups is 3. The van der Waals surface area contributed by atoms with Crippen molar-refractivity contribution in [2.24, 2.45) is 0 Å². The zero-order valence-electron chi connectivity index (χ0n) is 49.4. The Morgan fingerprint density at radius 1 is 0.260 bits per heavy atom. The van der Waals surface area contributed by atoms with Gasteiger partial charge in [0.15, 0.2) is 6.10 Å². The van der Waals surface area contributed by atoms with Crippen molar-refractivity contribution in [1.82, 2.24) is 0 Å². The summed E-state index contributed by atoms with van der Waals surface area (Å²) in [5.74, 6) is -1.01. The van der Waals surface area contributed by atoms with Gasteiger partial charge in [-0.25, -0.2) is 0 Å². The number of rotatable bonds is 54. The molecular formula is C71H112O6. The van der Waals surface area contributed by atoms with Crippen LogP contribution in [0.4, 0.5) is 0 Å². The van der Waals surface area contributed by atoms with Gasteiger partial charge in [-0.1, -0.05) is 256 Å². The van der Waals surface area contributed by atoms with Gasteiger partial charge < -0.3 is 14.2 Å². The van der Waals surface area contributed by atoms with Crippen LogP contribution < -0.4 is 0 Å². The van der Waals surface area contributed by atoms with Gasteiger partial charge in [-0.15, -0.1) is 0 Å². The van der Waals surface area contributed by atoms with Crippen molar-refractivity contribution in [3.63, 3.8) is 0 Å².